The summed E-state index contributed by atoms with van der Waals surface area (Å²) in [6, 6.07) is 1.97. The summed E-state index contributed by atoms with van der Waals surface area (Å²) in [7, 11) is 3.98. The molecule has 0 saturated carbocycles. The summed E-state index contributed by atoms with van der Waals surface area (Å²) >= 11 is 6.00. The fraction of sp³-hybridized carbons (Fsp3) is 0.500. The molecule has 0 unspecified atom stereocenters. The van der Waals surface area contributed by atoms with E-state index in [-0.39, 0.29) is 5.54 Å². The lowest BCUT2D eigenvalue weighted by molar-refractivity contribution is 0.541. The highest BCUT2D eigenvalue weighted by molar-refractivity contribution is 6.18. The molecule has 0 N–H and O–H groups in total. The topological polar surface area (TPSA) is 34.0 Å². The zero-order valence-electron chi connectivity index (χ0n) is 10.6. The number of rotatable bonds is 3. The van der Waals surface area contributed by atoms with Gasteiger partial charge in [-0.25, -0.2) is 9.97 Å². The van der Waals surface area contributed by atoms with Gasteiger partial charge in [0.1, 0.15) is 5.52 Å². The van der Waals surface area contributed by atoms with Gasteiger partial charge in [-0.15, -0.1) is 11.6 Å². The van der Waals surface area contributed by atoms with Crippen LogP contribution in [0.5, 0.6) is 0 Å². The Balaban J connectivity index is 2.56. The Morgan fingerprint density at radius 2 is 2.12 bits per heavy atom. The van der Waals surface area contributed by atoms with E-state index in [2.05, 4.69) is 28.7 Å². The summed E-state index contributed by atoms with van der Waals surface area (Å²) in [5.74, 6) is 1.41. The van der Waals surface area contributed by atoms with E-state index < -0.39 is 0 Å². The number of pyridine rings is 1. The van der Waals surface area contributed by atoms with E-state index in [4.69, 9.17) is 11.6 Å². The third-order valence-corrected chi connectivity index (χ3v) is 3.83. The molecule has 0 amide bonds. The maximum atomic E-state index is 6.00. The first-order chi connectivity index (χ1) is 7.97. The smallest absolute Gasteiger partial charge is 0.156 e. The molecular formula is C12H17ClN4. The Morgan fingerprint density at radius 1 is 1.41 bits per heavy atom. The first-order valence-corrected chi connectivity index (χ1v) is 6.06. The van der Waals surface area contributed by atoms with Gasteiger partial charge in [0.05, 0.1) is 11.8 Å². The minimum atomic E-state index is -0.152. The van der Waals surface area contributed by atoms with Gasteiger partial charge in [-0.1, -0.05) is 0 Å². The summed E-state index contributed by atoms with van der Waals surface area (Å²) in [6.45, 7) is 4.17. The van der Waals surface area contributed by atoms with Crippen LogP contribution < -0.4 is 4.90 Å². The molecule has 17 heavy (non-hydrogen) atoms. The van der Waals surface area contributed by atoms with Crippen LogP contribution in [0.2, 0.25) is 0 Å². The molecule has 0 saturated heterocycles. The Kier molecular flexibility index (Phi) is 3.00. The molecule has 0 aromatic carbocycles. The highest BCUT2D eigenvalue weighted by Crippen LogP contribution is 2.27. The molecule has 0 radical (unpaired) electrons. The number of halogens is 1. The predicted molar refractivity (Wildman–Crippen MR) is 71.7 cm³/mol. The van der Waals surface area contributed by atoms with Crippen LogP contribution in [0.1, 0.15) is 13.8 Å². The SMILES string of the molecule is CN(c1nccc2c1ncn2C)C(C)(C)CCl. The van der Waals surface area contributed by atoms with Gasteiger partial charge in [0.25, 0.3) is 0 Å². The molecule has 2 aromatic heterocycles. The number of alkyl halides is 1. The van der Waals surface area contributed by atoms with E-state index in [0.717, 1.165) is 16.9 Å². The van der Waals surface area contributed by atoms with Crippen LogP contribution in [-0.2, 0) is 7.05 Å². The zero-order chi connectivity index (χ0) is 12.6. The standard InChI is InChI=1S/C12H17ClN4/c1-12(2,7-13)17(4)11-10-9(5-6-14-11)16(3)8-15-10/h5-6,8H,7H2,1-4H3. The van der Waals surface area contributed by atoms with Gasteiger partial charge in [0.2, 0.25) is 0 Å². The molecular weight excluding hydrogens is 236 g/mol. The van der Waals surface area contributed by atoms with Crippen LogP contribution in [-0.4, -0.2) is 33.0 Å². The molecule has 0 atom stereocenters. The average Bonchev–Trinajstić information content (AvgIpc) is 2.70. The van der Waals surface area contributed by atoms with Gasteiger partial charge >= 0.3 is 0 Å². The summed E-state index contributed by atoms with van der Waals surface area (Å²) in [5.41, 5.74) is 1.84. The molecule has 0 aliphatic carbocycles. The molecule has 5 heteroatoms. The number of nitrogens with zero attached hydrogens (tertiary/aromatic N) is 4. The van der Waals surface area contributed by atoms with Gasteiger partial charge in [-0.2, -0.15) is 0 Å². The van der Waals surface area contributed by atoms with E-state index in [1.807, 2.05) is 24.7 Å². The summed E-state index contributed by atoms with van der Waals surface area (Å²) < 4.78 is 1.99. The minimum Gasteiger partial charge on any atom is -0.352 e. The van der Waals surface area contributed by atoms with Crippen LogP contribution in [0.4, 0.5) is 5.82 Å². The minimum absolute atomic E-state index is 0.152. The second-order valence-corrected chi connectivity index (χ2v) is 5.13. The van der Waals surface area contributed by atoms with Crippen LogP contribution in [0, 0.1) is 0 Å². The molecule has 2 rings (SSSR count). The molecule has 92 valence electrons. The number of aryl methyl sites for hydroxylation is 1. The van der Waals surface area contributed by atoms with Crippen molar-refractivity contribution in [3.63, 3.8) is 0 Å². The quantitative estimate of drug-likeness (QED) is 0.787. The monoisotopic (exact) mass is 252 g/mol. The van der Waals surface area contributed by atoms with Gasteiger partial charge in [0.15, 0.2) is 5.82 Å². The van der Waals surface area contributed by atoms with Crippen molar-refractivity contribution in [2.45, 2.75) is 19.4 Å². The Hall–Kier alpha value is -1.29. The summed E-state index contributed by atoms with van der Waals surface area (Å²) in [6.07, 6.45) is 3.61. The number of fused-ring (bicyclic) bond motifs is 1. The van der Waals surface area contributed by atoms with Gasteiger partial charge in [0, 0.05) is 31.7 Å². The second-order valence-electron chi connectivity index (χ2n) is 4.86. The molecule has 0 bridgehead atoms. The van der Waals surface area contributed by atoms with E-state index >= 15 is 0 Å². The highest BCUT2D eigenvalue weighted by atomic mass is 35.5. The van der Waals surface area contributed by atoms with Gasteiger partial charge < -0.3 is 9.47 Å². The summed E-state index contributed by atoms with van der Waals surface area (Å²) in [4.78, 5) is 10.9. The van der Waals surface area contributed by atoms with Crippen LogP contribution in [0.3, 0.4) is 0 Å². The molecule has 0 aliphatic heterocycles. The van der Waals surface area contributed by atoms with Crippen LogP contribution in [0.25, 0.3) is 11.0 Å². The van der Waals surface area contributed by atoms with Gasteiger partial charge in [-0.3, -0.25) is 0 Å². The Bertz CT molecular complexity index is 532. The second kappa shape index (κ2) is 4.18. The fourth-order valence-corrected chi connectivity index (χ4v) is 1.85. The van der Waals surface area contributed by atoms with E-state index in [9.17, 15) is 0 Å². The lowest BCUT2D eigenvalue weighted by Gasteiger charge is -2.34. The lowest BCUT2D eigenvalue weighted by Crippen LogP contribution is -2.43. The third-order valence-electron chi connectivity index (χ3n) is 3.18. The molecule has 0 fully saturated rings. The van der Waals surface area contributed by atoms with E-state index in [1.54, 1.807) is 12.5 Å². The number of aromatic nitrogens is 3. The Morgan fingerprint density at radius 3 is 2.76 bits per heavy atom. The van der Waals surface area contributed by atoms with Crippen molar-refractivity contribution < 1.29 is 0 Å². The van der Waals surface area contributed by atoms with Crippen molar-refractivity contribution in [1.82, 2.24) is 14.5 Å². The molecule has 2 heterocycles. The van der Waals surface area contributed by atoms with Crippen molar-refractivity contribution in [3.8, 4) is 0 Å². The number of hydrogen-bond donors (Lipinski definition) is 0. The Labute approximate surface area is 106 Å². The first kappa shape index (κ1) is 12.2. The van der Waals surface area contributed by atoms with Crippen molar-refractivity contribution >= 4 is 28.5 Å². The summed E-state index contributed by atoms with van der Waals surface area (Å²) in [5, 5.41) is 0. The van der Waals surface area contributed by atoms with Crippen molar-refractivity contribution in [1.29, 1.82) is 0 Å². The van der Waals surface area contributed by atoms with Crippen molar-refractivity contribution in [3.05, 3.63) is 18.6 Å². The molecule has 4 nitrogen and oxygen atoms in total. The normalized spacial score (nSPS) is 12.1. The maximum Gasteiger partial charge on any atom is 0.156 e. The number of imidazole rings is 1. The van der Waals surface area contributed by atoms with Crippen LogP contribution in [0.15, 0.2) is 18.6 Å². The highest BCUT2D eigenvalue weighted by Gasteiger charge is 2.25. The number of anilines is 1. The van der Waals surface area contributed by atoms with Crippen molar-refractivity contribution in [2.24, 2.45) is 7.05 Å². The van der Waals surface area contributed by atoms with E-state index in [1.165, 1.54) is 0 Å². The predicted octanol–water partition coefficient (Wildman–Crippen LogP) is 2.42. The first-order valence-electron chi connectivity index (χ1n) is 5.53. The van der Waals surface area contributed by atoms with Crippen LogP contribution >= 0.6 is 11.6 Å². The molecule has 0 spiro atoms. The molecule has 0 aliphatic rings. The lowest BCUT2D eigenvalue weighted by atomic mass is 10.1. The van der Waals surface area contributed by atoms with E-state index in [0.29, 0.717) is 5.88 Å². The zero-order valence-corrected chi connectivity index (χ0v) is 11.4. The average molecular weight is 253 g/mol. The fourth-order valence-electron chi connectivity index (χ4n) is 1.67. The molecule has 2 aromatic rings. The number of hydrogen-bond acceptors (Lipinski definition) is 3. The third kappa shape index (κ3) is 1.97. The van der Waals surface area contributed by atoms with Gasteiger partial charge in [-0.05, 0) is 19.9 Å². The maximum absolute atomic E-state index is 6.00. The van der Waals surface area contributed by atoms with Crippen molar-refractivity contribution in [2.75, 3.05) is 17.8 Å². The largest absolute Gasteiger partial charge is 0.352 e.